The molecule has 0 saturated heterocycles. The number of benzene rings is 1. The Morgan fingerprint density at radius 3 is 2.64 bits per heavy atom. The van der Waals surface area contributed by atoms with Crippen LogP contribution in [0.3, 0.4) is 0 Å². The summed E-state index contributed by atoms with van der Waals surface area (Å²) in [5.41, 5.74) is 7.70. The van der Waals surface area contributed by atoms with E-state index in [0.717, 1.165) is 10.0 Å². The maximum atomic E-state index is 9.04. The SMILES string of the molecule is Cc1cc(CC(C)(N)CO)ccc1Br. The van der Waals surface area contributed by atoms with E-state index < -0.39 is 5.54 Å². The highest BCUT2D eigenvalue weighted by Crippen LogP contribution is 2.19. The van der Waals surface area contributed by atoms with Crippen molar-refractivity contribution in [1.29, 1.82) is 0 Å². The molecular weight excluding hydrogens is 242 g/mol. The first-order chi connectivity index (χ1) is 6.44. The van der Waals surface area contributed by atoms with Crippen LogP contribution in [0.4, 0.5) is 0 Å². The first-order valence-corrected chi connectivity index (χ1v) is 5.39. The van der Waals surface area contributed by atoms with E-state index in [2.05, 4.69) is 22.0 Å². The van der Waals surface area contributed by atoms with Crippen LogP contribution in [-0.4, -0.2) is 17.3 Å². The summed E-state index contributed by atoms with van der Waals surface area (Å²) in [6.07, 6.45) is 0.692. The Labute approximate surface area is 93.3 Å². The second kappa shape index (κ2) is 4.43. The number of rotatable bonds is 3. The van der Waals surface area contributed by atoms with Crippen molar-refractivity contribution in [2.24, 2.45) is 5.73 Å². The highest BCUT2D eigenvalue weighted by Gasteiger charge is 2.17. The van der Waals surface area contributed by atoms with Crippen LogP contribution >= 0.6 is 15.9 Å². The Morgan fingerprint density at radius 2 is 2.14 bits per heavy atom. The number of hydrogen-bond acceptors (Lipinski definition) is 2. The standard InChI is InChI=1S/C11H16BrNO/c1-8-5-9(3-4-10(8)12)6-11(2,13)7-14/h3-5,14H,6-7,13H2,1-2H3. The Kier molecular flexibility index (Phi) is 3.70. The third-order valence-corrected chi connectivity index (χ3v) is 3.08. The van der Waals surface area contributed by atoms with Crippen molar-refractivity contribution in [2.75, 3.05) is 6.61 Å². The smallest absolute Gasteiger partial charge is 0.0611 e. The van der Waals surface area contributed by atoms with Gasteiger partial charge in [0.2, 0.25) is 0 Å². The maximum absolute atomic E-state index is 9.04. The fourth-order valence-corrected chi connectivity index (χ4v) is 1.59. The molecule has 0 aliphatic heterocycles. The monoisotopic (exact) mass is 257 g/mol. The van der Waals surface area contributed by atoms with E-state index in [1.807, 2.05) is 26.0 Å². The molecule has 3 N–H and O–H groups in total. The van der Waals surface area contributed by atoms with Crippen LogP contribution in [0.2, 0.25) is 0 Å². The van der Waals surface area contributed by atoms with Crippen LogP contribution in [0.25, 0.3) is 0 Å². The van der Waals surface area contributed by atoms with Gasteiger partial charge in [0.25, 0.3) is 0 Å². The molecule has 0 aliphatic carbocycles. The van der Waals surface area contributed by atoms with E-state index in [1.165, 1.54) is 5.56 Å². The van der Waals surface area contributed by atoms with E-state index in [0.29, 0.717) is 6.42 Å². The van der Waals surface area contributed by atoms with Gasteiger partial charge in [-0.1, -0.05) is 28.1 Å². The summed E-state index contributed by atoms with van der Waals surface area (Å²) in [7, 11) is 0. The predicted molar refractivity (Wildman–Crippen MR) is 62.3 cm³/mol. The summed E-state index contributed by atoms with van der Waals surface area (Å²) in [4.78, 5) is 0. The van der Waals surface area contributed by atoms with Crippen LogP contribution < -0.4 is 5.73 Å². The summed E-state index contributed by atoms with van der Waals surface area (Å²) in [5, 5.41) is 9.04. The maximum Gasteiger partial charge on any atom is 0.0611 e. The minimum atomic E-state index is -0.528. The van der Waals surface area contributed by atoms with Crippen molar-refractivity contribution in [3.63, 3.8) is 0 Å². The molecule has 0 amide bonds. The molecule has 1 rings (SSSR count). The largest absolute Gasteiger partial charge is 0.394 e. The van der Waals surface area contributed by atoms with Crippen molar-refractivity contribution < 1.29 is 5.11 Å². The Hall–Kier alpha value is -0.380. The van der Waals surface area contributed by atoms with Crippen LogP contribution in [0, 0.1) is 6.92 Å². The molecule has 0 bridgehead atoms. The van der Waals surface area contributed by atoms with Crippen molar-refractivity contribution in [3.05, 3.63) is 33.8 Å². The molecule has 1 atom stereocenters. The summed E-state index contributed by atoms with van der Waals surface area (Å²) < 4.78 is 1.10. The van der Waals surface area contributed by atoms with E-state index in [-0.39, 0.29) is 6.61 Å². The van der Waals surface area contributed by atoms with Crippen LogP contribution in [0.5, 0.6) is 0 Å². The quantitative estimate of drug-likeness (QED) is 0.871. The molecule has 0 aliphatic rings. The van der Waals surface area contributed by atoms with Gasteiger partial charge < -0.3 is 10.8 Å². The lowest BCUT2D eigenvalue weighted by atomic mass is 9.94. The first-order valence-electron chi connectivity index (χ1n) is 4.59. The molecule has 1 aromatic rings. The lowest BCUT2D eigenvalue weighted by molar-refractivity contribution is 0.208. The molecular formula is C11H16BrNO. The fraction of sp³-hybridized carbons (Fsp3) is 0.455. The number of hydrogen-bond donors (Lipinski definition) is 2. The zero-order valence-electron chi connectivity index (χ0n) is 8.55. The normalized spacial score (nSPS) is 15.2. The molecule has 0 aromatic heterocycles. The number of halogens is 1. The minimum Gasteiger partial charge on any atom is -0.394 e. The fourth-order valence-electron chi connectivity index (χ4n) is 1.34. The lowest BCUT2D eigenvalue weighted by Gasteiger charge is -2.21. The van der Waals surface area contributed by atoms with Crippen LogP contribution in [0.1, 0.15) is 18.1 Å². The third kappa shape index (κ3) is 3.08. The van der Waals surface area contributed by atoms with Gasteiger partial charge in [-0.15, -0.1) is 0 Å². The topological polar surface area (TPSA) is 46.2 Å². The highest BCUT2D eigenvalue weighted by molar-refractivity contribution is 9.10. The van der Waals surface area contributed by atoms with Crippen LogP contribution in [-0.2, 0) is 6.42 Å². The minimum absolute atomic E-state index is 0.00209. The van der Waals surface area contributed by atoms with Crippen molar-refractivity contribution in [2.45, 2.75) is 25.8 Å². The van der Waals surface area contributed by atoms with E-state index in [4.69, 9.17) is 10.8 Å². The van der Waals surface area contributed by atoms with Gasteiger partial charge in [-0.3, -0.25) is 0 Å². The molecule has 0 saturated carbocycles. The number of aryl methyl sites for hydroxylation is 1. The van der Waals surface area contributed by atoms with E-state index in [1.54, 1.807) is 0 Å². The van der Waals surface area contributed by atoms with E-state index in [9.17, 15) is 0 Å². The van der Waals surface area contributed by atoms with Gasteiger partial charge >= 0.3 is 0 Å². The Bertz CT molecular complexity index is 323. The predicted octanol–water partition coefficient (Wildman–Crippen LogP) is 2.01. The molecule has 14 heavy (non-hydrogen) atoms. The van der Waals surface area contributed by atoms with Gasteiger partial charge in [0.15, 0.2) is 0 Å². The number of aliphatic hydroxyl groups excluding tert-OH is 1. The summed E-state index contributed by atoms with van der Waals surface area (Å²) in [6.45, 7) is 3.90. The van der Waals surface area contributed by atoms with Gasteiger partial charge in [-0.05, 0) is 37.5 Å². The van der Waals surface area contributed by atoms with Gasteiger partial charge in [-0.25, -0.2) is 0 Å². The van der Waals surface area contributed by atoms with Gasteiger partial charge in [0, 0.05) is 10.0 Å². The Morgan fingerprint density at radius 1 is 1.50 bits per heavy atom. The third-order valence-electron chi connectivity index (χ3n) is 2.19. The summed E-state index contributed by atoms with van der Waals surface area (Å²) in [6, 6.07) is 6.13. The van der Waals surface area contributed by atoms with Crippen molar-refractivity contribution >= 4 is 15.9 Å². The van der Waals surface area contributed by atoms with Gasteiger partial charge in [0.1, 0.15) is 0 Å². The second-order valence-electron chi connectivity index (χ2n) is 4.07. The average Bonchev–Trinajstić information content (AvgIpc) is 2.11. The second-order valence-corrected chi connectivity index (χ2v) is 4.93. The molecule has 0 radical (unpaired) electrons. The van der Waals surface area contributed by atoms with Crippen molar-refractivity contribution in [1.82, 2.24) is 0 Å². The van der Waals surface area contributed by atoms with E-state index >= 15 is 0 Å². The zero-order valence-corrected chi connectivity index (χ0v) is 10.1. The molecule has 78 valence electrons. The molecule has 0 spiro atoms. The number of aliphatic hydroxyl groups is 1. The molecule has 1 aromatic carbocycles. The first kappa shape index (κ1) is 11.7. The number of nitrogens with two attached hydrogens (primary N) is 1. The average molecular weight is 258 g/mol. The molecule has 0 fully saturated rings. The van der Waals surface area contributed by atoms with Crippen molar-refractivity contribution in [3.8, 4) is 0 Å². The molecule has 3 heteroatoms. The summed E-state index contributed by atoms with van der Waals surface area (Å²) in [5.74, 6) is 0. The summed E-state index contributed by atoms with van der Waals surface area (Å²) >= 11 is 3.45. The van der Waals surface area contributed by atoms with Gasteiger partial charge in [-0.2, -0.15) is 0 Å². The van der Waals surface area contributed by atoms with Crippen LogP contribution in [0.15, 0.2) is 22.7 Å². The van der Waals surface area contributed by atoms with Gasteiger partial charge in [0.05, 0.1) is 6.61 Å². The highest BCUT2D eigenvalue weighted by atomic mass is 79.9. The Balaban J connectivity index is 2.83. The molecule has 1 unspecified atom stereocenters. The molecule has 2 nitrogen and oxygen atoms in total. The molecule has 0 heterocycles. The lowest BCUT2D eigenvalue weighted by Crippen LogP contribution is -2.42. The zero-order chi connectivity index (χ0) is 10.8.